The monoisotopic (exact) mass is 376 g/mol. The van der Waals surface area contributed by atoms with Crippen molar-refractivity contribution in [3.05, 3.63) is 40.4 Å². The Morgan fingerprint density at radius 3 is 2.72 bits per heavy atom. The number of nitrogens with zero attached hydrogens (tertiary/aromatic N) is 2. The largest absolute Gasteiger partial charge is 0.497 e. The lowest BCUT2D eigenvalue weighted by molar-refractivity contribution is -0.140. The molecule has 0 unspecified atom stereocenters. The van der Waals surface area contributed by atoms with Crippen LogP contribution in [0.25, 0.3) is 6.08 Å². The number of carboxylic acid groups (broad SMARTS) is 1. The SMILES string of the molecule is CCN1/C(=C2\SC(=S)N(CC(=O)O)C2=O)C=Cc2cc(OC)ccc21. The second-order valence-electron chi connectivity index (χ2n) is 5.37. The van der Waals surface area contributed by atoms with Crippen molar-refractivity contribution >= 4 is 51.9 Å². The van der Waals surface area contributed by atoms with Gasteiger partial charge in [-0.15, -0.1) is 0 Å². The molecule has 8 heteroatoms. The third kappa shape index (κ3) is 3.14. The highest BCUT2D eigenvalue weighted by atomic mass is 32.2. The number of benzene rings is 1. The van der Waals surface area contributed by atoms with Crippen LogP contribution in [0.15, 0.2) is 34.9 Å². The minimum atomic E-state index is -1.09. The summed E-state index contributed by atoms with van der Waals surface area (Å²) in [7, 11) is 1.62. The molecule has 25 heavy (non-hydrogen) atoms. The zero-order valence-corrected chi connectivity index (χ0v) is 15.3. The highest BCUT2D eigenvalue weighted by Crippen LogP contribution is 2.40. The number of likely N-dealkylation sites (N-methyl/N-ethyl adjacent to an activating group) is 1. The lowest BCUT2D eigenvalue weighted by Crippen LogP contribution is -2.34. The van der Waals surface area contributed by atoms with E-state index in [0.717, 1.165) is 39.4 Å². The highest BCUT2D eigenvalue weighted by molar-refractivity contribution is 8.26. The lowest BCUT2D eigenvalue weighted by Gasteiger charge is -2.30. The van der Waals surface area contributed by atoms with E-state index >= 15 is 0 Å². The van der Waals surface area contributed by atoms with Gasteiger partial charge in [0.25, 0.3) is 5.91 Å². The standard InChI is InChI=1S/C17H16N2O4S2/c1-3-18-12-7-5-11(23-2)8-10(12)4-6-13(18)15-16(22)19(9-14(20)21)17(24)25-15/h4-8H,3,9H2,1-2H3,(H,20,21)/b15-13-. The molecule has 1 amide bonds. The lowest BCUT2D eigenvalue weighted by atomic mass is 10.0. The summed E-state index contributed by atoms with van der Waals surface area (Å²) in [6.45, 7) is 2.22. The molecule has 1 saturated heterocycles. The van der Waals surface area contributed by atoms with Gasteiger partial charge < -0.3 is 14.7 Å². The van der Waals surface area contributed by atoms with Gasteiger partial charge in [0, 0.05) is 17.8 Å². The molecule has 2 heterocycles. The van der Waals surface area contributed by atoms with Crippen molar-refractivity contribution < 1.29 is 19.4 Å². The molecular formula is C17H16N2O4S2. The first-order chi connectivity index (χ1) is 12.0. The van der Waals surface area contributed by atoms with Gasteiger partial charge in [0.1, 0.15) is 21.5 Å². The molecule has 0 radical (unpaired) electrons. The molecule has 1 aromatic carbocycles. The summed E-state index contributed by atoms with van der Waals surface area (Å²) in [5, 5.41) is 8.97. The molecule has 1 N–H and O–H groups in total. The van der Waals surface area contributed by atoms with E-state index in [1.807, 2.05) is 42.2 Å². The first kappa shape index (κ1) is 17.5. The van der Waals surface area contributed by atoms with Crippen LogP contribution < -0.4 is 9.64 Å². The van der Waals surface area contributed by atoms with E-state index < -0.39 is 12.5 Å². The number of hydrogen-bond donors (Lipinski definition) is 1. The topological polar surface area (TPSA) is 70.1 Å². The molecular weight excluding hydrogens is 360 g/mol. The Kier molecular flexibility index (Phi) is 4.82. The smallest absolute Gasteiger partial charge is 0.323 e. The number of thiocarbonyl (C=S) groups is 1. The molecule has 0 aliphatic carbocycles. The first-order valence-electron chi connectivity index (χ1n) is 7.59. The van der Waals surface area contributed by atoms with Gasteiger partial charge in [-0.2, -0.15) is 0 Å². The van der Waals surface area contributed by atoms with E-state index in [9.17, 15) is 9.59 Å². The Hall–Kier alpha value is -2.32. The van der Waals surface area contributed by atoms with Crippen LogP contribution in [0.5, 0.6) is 5.75 Å². The Labute approximate surface area is 154 Å². The maximum absolute atomic E-state index is 12.6. The average Bonchev–Trinajstić information content (AvgIpc) is 2.87. The number of ether oxygens (including phenoxy) is 1. The minimum absolute atomic E-state index is 0.264. The van der Waals surface area contributed by atoms with E-state index in [1.165, 1.54) is 0 Å². The van der Waals surface area contributed by atoms with E-state index in [-0.39, 0.29) is 10.2 Å². The summed E-state index contributed by atoms with van der Waals surface area (Å²) in [4.78, 5) is 27.2. The molecule has 0 aromatic heterocycles. The van der Waals surface area contributed by atoms with Crippen molar-refractivity contribution in [3.63, 3.8) is 0 Å². The molecule has 2 aliphatic heterocycles. The highest BCUT2D eigenvalue weighted by Gasteiger charge is 2.37. The fourth-order valence-electron chi connectivity index (χ4n) is 2.79. The second kappa shape index (κ2) is 6.89. The number of carbonyl (C=O) groups excluding carboxylic acids is 1. The predicted octanol–water partition coefficient (Wildman–Crippen LogP) is 2.70. The average molecular weight is 376 g/mol. The zero-order valence-electron chi connectivity index (χ0n) is 13.7. The van der Waals surface area contributed by atoms with E-state index in [2.05, 4.69) is 0 Å². The summed E-state index contributed by atoms with van der Waals surface area (Å²) in [6.07, 6.45) is 3.78. The molecule has 0 bridgehead atoms. The normalized spacial score (nSPS) is 19.4. The Morgan fingerprint density at radius 2 is 2.08 bits per heavy atom. The number of hydrogen-bond acceptors (Lipinski definition) is 6. The van der Waals surface area contributed by atoms with Crippen molar-refractivity contribution in [1.29, 1.82) is 0 Å². The van der Waals surface area contributed by atoms with Crippen LogP contribution in [0, 0.1) is 0 Å². The molecule has 0 saturated carbocycles. The fraction of sp³-hybridized carbons (Fsp3) is 0.235. The van der Waals surface area contributed by atoms with E-state index in [1.54, 1.807) is 7.11 Å². The number of carbonyl (C=O) groups is 2. The Balaban J connectivity index is 2.03. The van der Waals surface area contributed by atoms with Crippen molar-refractivity contribution in [2.75, 3.05) is 25.1 Å². The number of aliphatic carboxylic acids is 1. The molecule has 0 spiro atoms. The number of thioether (sulfide) groups is 1. The number of amides is 1. The second-order valence-corrected chi connectivity index (χ2v) is 7.01. The van der Waals surface area contributed by atoms with Crippen LogP contribution in [-0.2, 0) is 9.59 Å². The zero-order chi connectivity index (χ0) is 18.1. The minimum Gasteiger partial charge on any atom is -0.497 e. The third-order valence-electron chi connectivity index (χ3n) is 3.93. The predicted molar refractivity (Wildman–Crippen MR) is 102 cm³/mol. The first-order valence-corrected chi connectivity index (χ1v) is 8.82. The van der Waals surface area contributed by atoms with Crippen LogP contribution in [-0.4, -0.2) is 46.4 Å². The number of anilines is 1. The van der Waals surface area contributed by atoms with Crippen molar-refractivity contribution in [2.45, 2.75) is 6.92 Å². The van der Waals surface area contributed by atoms with Crippen LogP contribution in [0.2, 0.25) is 0 Å². The van der Waals surface area contributed by atoms with Gasteiger partial charge >= 0.3 is 5.97 Å². The van der Waals surface area contributed by atoms with Gasteiger partial charge in [-0.1, -0.05) is 30.1 Å². The summed E-state index contributed by atoms with van der Waals surface area (Å²) in [5.41, 5.74) is 2.68. The number of rotatable bonds is 4. The van der Waals surface area contributed by atoms with E-state index in [4.69, 9.17) is 22.1 Å². The van der Waals surface area contributed by atoms with Crippen molar-refractivity contribution in [1.82, 2.24) is 4.90 Å². The van der Waals surface area contributed by atoms with Gasteiger partial charge in [-0.05, 0) is 31.2 Å². The number of fused-ring (bicyclic) bond motifs is 1. The summed E-state index contributed by atoms with van der Waals surface area (Å²) in [6, 6.07) is 5.74. The molecule has 2 aliphatic rings. The maximum atomic E-state index is 12.6. The number of carboxylic acids is 1. The molecule has 130 valence electrons. The summed E-state index contributed by atoms with van der Waals surface area (Å²) >= 11 is 6.32. The van der Waals surface area contributed by atoms with Gasteiger partial charge in [-0.3, -0.25) is 14.5 Å². The van der Waals surface area contributed by atoms with Crippen molar-refractivity contribution in [2.24, 2.45) is 0 Å². The van der Waals surface area contributed by atoms with Crippen LogP contribution in [0.1, 0.15) is 12.5 Å². The maximum Gasteiger partial charge on any atom is 0.323 e. The van der Waals surface area contributed by atoms with Crippen LogP contribution in [0.3, 0.4) is 0 Å². The number of allylic oxidation sites excluding steroid dienone is 1. The molecule has 3 rings (SSSR count). The third-order valence-corrected chi connectivity index (χ3v) is 5.38. The van der Waals surface area contributed by atoms with E-state index in [0.29, 0.717) is 11.4 Å². The van der Waals surface area contributed by atoms with Crippen LogP contribution >= 0.6 is 24.0 Å². The number of methoxy groups -OCH3 is 1. The Morgan fingerprint density at radius 1 is 1.32 bits per heavy atom. The summed E-state index contributed by atoms with van der Waals surface area (Å²) < 4.78 is 5.52. The molecule has 6 nitrogen and oxygen atoms in total. The van der Waals surface area contributed by atoms with Gasteiger partial charge in [0.2, 0.25) is 0 Å². The Bertz CT molecular complexity index is 832. The van der Waals surface area contributed by atoms with Gasteiger partial charge in [0.05, 0.1) is 12.8 Å². The summed E-state index contributed by atoms with van der Waals surface area (Å²) in [5.74, 6) is -0.699. The van der Waals surface area contributed by atoms with Gasteiger partial charge in [0.15, 0.2) is 0 Å². The van der Waals surface area contributed by atoms with Crippen LogP contribution in [0.4, 0.5) is 5.69 Å². The van der Waals surface area contributed by atoms with Gasteiger partial charge in [-0.25, -0.2) is 0 Å². The fourth-order valence-corrected chi connectivity index (χ4v) is 4.10. The molecule has 1 fully saturated rings. The van der Waals surface area contributed by atoms with Crippen molar-refractivity contribution in [3.8, 4) is 5.75 Å². The molecule has 0 atom stereocenters. The quantitative estimate of drug-likeness (QED) is 0.640. The molecule has 1 aromatic rings.